The highest BCUT2D eigenvalue weighted by Gasteiger charge is 2.37. The molecule has 3 N–H and O–H groups in total. The Morgan fingerprint density at radius 2 is 1.91 bits per heavy atom. The zero-order valence-electron chi connectivity index (χ0n) is 14.2. The van der Waals surface area contributed by atoms with Gasteiger partial charge < -0.3 is 16.0 Å². The largest absolute Gasteiger partial charge is 0.351 e. The van der Waals surface area contributed by atoms with Crippen LogP contribution in [0.1, 0.15) is 59.3 Å². The van der Waals surface area contributed by atoms with E-state index in [1.807, 2.05) is 0 Å². The van der Waals surface area contributed by atoms with Crippen molar-refractivity contribution in [3.05, 3.63) is 0 Å². The van der Waals surface area contributed by atoms with Crippen molar-refractivity contribution >= 4 is 11.8 Å². The number of nitrogens with one attached hydrogen (secondary N) is 1. The van der Waals surface area contributed by atoms with Crippen LogP contribution in [-0.2, 0) is 9.59 Å². The highest BCUT2D eigenvalue weighted by molar-refractivity contribution is 5.88. The van der Waals surface area contributed by atoms with Gasteiger partial charge in [-0.15, -0.1) is 0 Å². The van der Waals surface area contributed by atoms with Crippen LogP contribution in [0.15, 0.2) is 0 Å². The van der Waals surface area contributed by atoms with Crippen LogP contribution in [0.25, 0.3) is 0 Å². The molecule has 0 radical (unpaired) electrons. The summed E-state index contributed by atoms with van der Waals surface area (Å²) in [4.78, 5) is 26.8. The summed E-state index contributed by atoms with van der Waals surface area (Å²) in [5.41, 5.74) is 5.74. The lowest BCUT2D eigenvalue weighted by Crippen LogP contribution is -2.50. The second-order valence-corrected chi connectivity index (χ2v) is 8.02. The van der Waals surface area contributed by atoms with E-state index in [1.54, 1.807) is 4.90 Å². The predicted molar refractivity (Wildman–Crippen MR) is 87.1 cm³/mol. The average molecular weight is 309 g/mol. The van der Waals surface area contributed by atoms with Gasteiger partial charge in [-0.1, -0.05) is 27.2 Å². The van der Waals surface area contributed by atoms with Gasteiger partial charge in [-0.2, -0.15) is 0 Å². The van der Waals surface area contributed by atoms with E-state index >= 15 is 0 Å². The molecule has 126 valence electrons. The first-order valence-corrected chi connectivity index (χ1v) is 8.62. The number of likely N-dealkylation sites (tertiary alicyclic amines) is 1. The van der Waals surface area contributed by atoms with E-state index in [-0.39, 0.29) is 29.3 Å². The van der Waals surface area contributed by atoms with Crippen molar-refractivity contribution in [1.82, 2.24) is 10.2 Å². The first-order valence-electron chi connectivity index (χ1n) is 8.62. The SMILES string of the molecule is CC(C)(C)CC(=O)N1CCCC1C(=O)NC1CCCC1CN. The molecule has 1 saturated heterocycles. The summed E-state index contributed by atoms with van der Waals surface area (Å²) in [7, 11) is 0. The maximum Gasteiger partial charge on any atom is 0.243 e. The molecule has 2 rings (SSSR count). The minimum atomic E-state index is -0.283. The topological polar surface area (TPSA) is 75.4 Å². The van der Waals surface area contributed by atoms with Crippen molar-refractivity contribution in [2.24, 2.45) is 17.1 Å². The van der Waals surface area contributed by atoms with Crippen LogP contribution >= 0.6 is 0 Å². The number of amides is 2. The van der Waals surface area contributed by atoms with Gasteiger partial charge in [-0.05, 0) is 43.6 Å². The summed E-state index contributed by atoms with van der Waals surface area (Å²) >= 11 is 0. The third-order valence-corrected chi connectivity index (χ3v) is 4.85. The molecule has 22 heavy (non-hydrogen) atoms. The van der Waals surface area contributed by atoms with Crippen molar-refractivity contribution in [1.29, 1.82) is 0 Å². The van der Waals surface area contributed by atoms with Crippen molar-refractivity contribution in [2.75, 3.05) is 13.1 Å². The van der Waals surface area contributed by atoms with Crippen molar-refractivity contribution < 1.29 is 9.59 Å². The first-order chi connectivity index (χ1) is 10.3. The first kappa shape index (κ1) is 17.3. The number of carbonyl (C=O) groups excluding carboxylic acids is 2. The summed E-state index contributed by atoms with van der Waals surface area (Å²) in [5.74, 6) is 0.515. The predicted octanol–water partition coefficient (Wildman–Crippen LogP) is 1.66. The summed E-state index contributed by atoms with van der Waals surface area (Å²) in [5, 5.41) is 3.16. The molecule has 1 aliphatic carbocycles. The summed E-state index contributed by atoms with van der Waals surface area (Å²) < 4.78 is 0. The van der Waals surface area contributed by atoms with Gasteiger partial charge in [0.25, 0.3) is 0 Å². The third kappa shape index (κ3) is 4.22. The second-order valence-electron chi connectivity index (χ2n) is 8.02. The number of nitrogens with two attached hydrogens (primary N) is 1. The fourth-order valence-corrected chi connectivity index (χ4v) is 3.68. The lowest BCUT2D eigenvalue weighted by Gasteiger charge is -2.29. The summed E-state index contributed by atoms with van der Waals surface area (Å²) in [6.45, 7) is 7.50. The van der Waals surface area contributed by atoms with Crippen LogP contribution in [0, 0.1) is 11.3 Å². The van der Waals surface area contributed by atoms with Gasteiger partial charge in [0.05, 0.1) is 0 Å². The Balaban J connectivity index is 1.95. The van der Waals surface area contributed by atoms with E-state index in [4.69, 9.17) is 5.73 Å². The molecule has 5 nitrogen and oxygen atoms in total. The third-order valence-electron chi connectivity index (χ3n) is 4.85. The molecule has 2 fully saturated rings. The average Bonchev–Trinajstić information content (AvgIpc) is 3.04. The minimum Gasteiger partial charge on any atom is -0.351 e. The van der Waals surface area contributed by atoms with Crippen LogP contribution < -0.4 is 11.1 Å². The second kappa shape index (κ2) is 6.99. The fraction of sp³-hybridized carbons (Fsp3) is 0.882. The summed E-state index contributed by atoms with van der Waals surface area (Å²) in [6.07, 6.45) is 5.42. The number of hydrogen-bond donors (Lipinski definition) is 2. The highest BCUT2D eigenvalue weighted by Crippen LogP contribution is 2.27. The number of hydrogen-bond acceptors (Lipinski definition) is 3. The highest BCUT2D eigenvalue weighted by atomic mass is 16.2. The molecule has 0 aromatic heterocycles. The molecule has 3 atom stereocenters. The van der Waals surface area contributed by atoms with Crippen LogP contribution in [0.5, 0.6) is 0 Å². The van der Waals surface area contributed by atoms with Crippen LogP contribution in [0.3, 0.4) is 0 Å². The van der Waals surface area contributed by atoms with Gasteiger partial charge in [-0.25, -0.2) is 0 Å². The normalized spacial score (nSPS) is 28.9. The Morgan fingerprint density at radius 1 is 1.18 bits per heavy atom. The molecule has 1 aliphatic heterocycles. The lowest BCUT2D eigenvalue weighted by atomic mass is 9.91. The monoisotopic (exact) mass is 309 g/mol. The Bertz CT molecular complexity index is 417. The van der Waals surface area contributed by atoms with Crippen molar-refractivity contribution in [3.63, 3.8) is 0 Å². The van der Waals surface area contributed by atoms with Gasteiger partial charge in [0.2, 0.25) is 11.8 Å². The molecule has 5 heteroatoms. The molecule has 1 saturated carbocycles. The Hall–Kier alpha value is -1.10. The van der Waals surface area contributed by atoms with Crippen LogP contribution in [0.2, 0.25) is 0 Å². The molecule has 0 spiro atoms. The van der Waals surface area contributed by atoms with Crippen LogP contribution in [0.4, 0.5) is 0 Å². The minimum absolute atomic E-state index is 0.0186. The zero-order valence-corrected chi connectivity index (χ0v) is 14.2. The molecular weight excluding hydrogens is 278 g/mol. The van der Waals surface area contributed by atoms with Gasteiger partial charge in [0.15, 0.2) is 0 Å². The maximum atomic E-state index is 12.6. The Kier molecular flexibility index (Phi) is 5.48. The zero-order chi connectivity index (χ0) is 16.3. The molecule has 3 unspecified atom stereocenters. The van der Waals surface area contributed by atoms with E-state index in [0.29, 0.717) is 25.4 Å². The standard InChI is InChI=1S/C17H31N3O2/c1-17(2,3)10-15(21)20-9-5-8-14(20)16(22)19-13-7-4-6-12(13)11-18/h12-14H,4-11,18H2,1-3H3,(H,19,22). The molecule has 2 amide bonds. The molecule has 0 aromatic rings. The van der Waals surface area contributed by atoms with Gasteiger partial charge in [-0.3, -0.25) is 9.59 Å². The van der Waals surface area contributed by atoms with E-state index in [0.717, 1.165) is 32.1 Å². The maximum absolute atomic E-state index is 12.6. The van der Waals surface area contributed by atoms with Gasteiger partial charge in [0, 0.05) is 19.0 Å². The van der Waals surface area contributed by atoms with E-state index in [1.165, 1.54) is 0 Å². The number of rotatable bonds is 4. The molecule has 0 bridgehead atoms. The molecular formula is C17H31N3O2. The van der Waals surface area contributed by atoms with Crippen LogP contribution in [-0.4, -0.2) is 41.9 Å². The molecule has 0 aromatic carbocycles. The van der Waals surface area contributed by atoms with Gasteiger partial charge in [0.1, 0.15) is 6.04 Å². The van der Waals surface area contributed by atoms with E-state index < -0.39 is 0 Å². The van der Waals surface area contributed by atoms with Crippen molar-refractivity contribution in [3.8, 4) is 0 Å². The number of nitrogens with zero attached hydrogens (tertiary/aromatic N) is 1. The van der Waals surface area contributed by atoms with E-state index in [9.17, 15) is 9.59 Å². The number of carbonyl (C=O) groups is 2. The fourth-order valence-electron chi connectivity index (χ4n) is 3.68. The van der Waals surface area contributed by atoms with E-state index in [2.05, 4.69) is 26.1 Å². The Labute approximate surface area is 134 Å². The smallest absolute Gasteiger partial charge is 0.243 e. The molecule has 2 aliphatic rings. The van der Waals surface area contributed by atoms with Gasteiger partial charge >= 0.3 is 0 Å². The quantitative estimate of drug-likeness (QED) is 0.829. The molecule has 1 heterocycles. The Morgan fingerprint density at radius 3 is 2.55 bits per heavy atom. The summed E-state index contributed by atoms with van der Waals surface area (Å²) in [6, 6.07) is -0.0912. The lowest BCUT2D eigenvalue weighted by molar-refractivity contribution is -0.140. The van der Waals surface area contributed by atoms with Crippen molar-refractivity contribution in [2.45, 2.75) is 71.4 Å².